The third-order valence-corrected chi connectivity index (χ3v) is 12.8. The van der Waals surface area contributed by atoms with Gasteiger partial charge in [-0.15, -0.1) is 0 Å². The SMILES string of the molecule is c1ccc(-c2nc(-c3ccc4c(c3)C(c3ccccc3)(c3ccccc3)c3ccccc3-4)nc(-c3ccc4c(c3)oc3cc(-c5cccc6c5oc5ccccc56)ccc34)n2)cc1. The van der Waals surface area contributed by atoms with Gasteiger partial charge in [-0.05, 0) is 75.3 Å². The number of para-hydroxylation sites is 2. The van der Waals surface area contributed by atoms with Crippen LogP contribution in [0.25, 0.3) is 100 Å². The smallest absolute Gasteiger partial charge is 0.164 e. The highest BCUT2D eigenvalue weighted by atomic mass is 16.3. The lowest BCUT2D eigenvalue weighted by atomic mass is 9.67. The third kappa shape index (κ3) is 5.40. The molecule has 0 saturated carbocycles. The third-order valence-electron chi connectivity index (χ3n) is 12.8. The molecular formula is C58H35N3O2. The molecule has 1 aliphatic carbocycles. The van der Waals surface area contributed by atoms with Gasteiger partial charge in [0.25, 0.3) is 0 Å². The fourth-order valence-electron chi connectivity index (χ4n) is 9.99. The molecular weight excluding hydrogens is 771 g/mol. The molecule has 0 radical (unpaired) electrons. The Bertz CT molecular complexity index is 3700. The maximum absolute atomic E-state index is 6.66. The van der Waals surface area contributed by atoms with Crippen LogP contribution in [0.2, 0.25) is 0 Å². The Hall–Kier alpha value is -8.41. The van der Waals surface area contributed by atoms with E-state index in [2.05, 4.69) is 164 Å². The standard InChI is InChI=1S/C58H35N3O2/c1-4-15-36(16-5-1)55-59-56(38-28-30-44-43-21-10-12-25-49(43)58(50(44)33-38,40-17-6-2-7-18-40)41-19-8-3-9-20-41)61-57(60-55)39-29-32-47-46-31-27-37(34-52(46)62-53(47)35-39)42-23-14-24-48-45-22-11-13-26-51(45)63-54(42)48/h1-35H. The topological polar surface area (TPSA) is 65.0 Å². The zero-order valence-corrected chi connectivity index (χ0v) is 33.9. The van der Waals surface area contributed by atoms with Gasteiger partial charge in [0, 0.05) is 43.8 Å². The maximum atomic E-state index is 6.66. The molecule has 5 heteroatoms. The van der Waals surface area contributed by atoms with Crippen LogP contribution in [0.15, 0.2) is 221 Å². The molecule has 0 spiro atoms. The van der Waals surface area contributed by atoms with Crippen LogP contribution in [0.5, 0.6) is 0 Å². The van der Waals surface area contributed by atoms with Gasteiger partial charge in [-0.2, -0.15) is 0 Å². The van der Waals surface area contributed by atoms with E-state index in [9.17, 15) is 0 Å². The highest BCUT2D eigenvalue weighted by Crippen LogP contribution is 2.56. The number of hydrogen-bond donors (Lipinski definition) is 0. The van der Waals surface area contributed by atoms with Crippen molar-refractivity contribution >= 4 is 43.9 Å². The number of hydrogen-bond acceptors (Lipinski definition) is 5. The summed E-state index contributed by atoms with van der Waals surface area (Å²) in [6, 6.07) is 74.5. The van der Waals surface area contributed by atoms with E-state index in [0.29, 0.717) is 17.5 Å². The van der Waals surface area contributed by atoms with Crippen LogP contribution in [0, 0.1) is 0 Å². The Morgan fingerprint density at radius 3 is 1.54 bits per heavy atom. The lowest BCUT2D eigenvalue weighted by molar-refractivity contribution is 0.668. The number of benzene rings is 9. The Labute approximate surface area is 362 Å². The summed E-state index contributed by atoms with van der Waals surface area (Å²) in [4.78, 5) is 15.6. The average Bonchev–Trinajstić information content (AvgIpc) is 4.02. The van der Waals surface area contributed by atoms with Crippen LogP contribution >= 0.6 is 0 Å². The minimum absolute atomic E-state index is 0.548. The minimum Gasteiger partial charge on any atom is -0.456 e. The van der Waals surface area contributed by atoms with Crippen molar-refractivity contribution < 1.29 is 8.83 Å². The highest BCUT2D eigenvalue weighted by Gasteiger charge is 2.46. The molecule has 0 bridgehead atoms. The first-order valence-electron chi connectivity index (χ1n) is 21.3. The molecule has 0 atom stereocenters. The molecule has 63 heavy (non-hydrogen) atoms. The monoisotopic (exact) mass is 805 g/mol. The molecule has 294 valence electrons. The average molecular weight is 806 g/mol. The van der Waals surface area contributed by atoms with Crippen molar-refractivity contribution in [3.05, 3.63) is 235 Å². The van der Waals surface area contributed by atoms with E-state index in [1.165, 1.54) is 33.4 Å². The largest absolute Gasteiger partial charge is 0.456 e. The van der Waals surface area contributed by atoms with Crippen LogP contribution in [0.3, 0.4) is 0 Å². The van der Waals surface area contributed by atoms with Crippen molar-refractivity contribution in [3.63, 3.8) is 0 Å². The molecule has 0 unspecified atom stereocenters. The number of fused-ring (bicyclic) bond motifs is 9. The van der Waals surface area contributed by atoms with E-state index >= 15 is 0 Å². The summed E-state index contributed by atoms with van der Waals surface area (Å²) < 4.78 is 13.1. The predicted octanol–water partition coefficient (Wildman–Crippen LogP) is 14.7. The summed E-state index contributed by atoms with van der Waals surface area (Å²) in [5, 5.41) is 4.27. The first-order chi connectivity index (χ1) is 31.2. The molecule has 5 nitrogen and oxygen atoms in total. The normalized spacial score (nSPS) is 12.9. The van der Waals surface area contributed by atoms with Crippen molar-refractivity contribution in [1.82, 2.24) is 15.0 Å². The molecule has 13 rings (SSSR count). The zero-order valence-electron chi connectivity index (χ0n) is 33.9. The molecule has 0 fully saturated rings. The van der Waals surface area contributed by atoms with Crippen molar-refractivity contribution in [2.45, 2.75) is 5.41 Å². The molecule has 0 amide bonds. The van der Waals surface area contributed by atoms with E-state index < -0.39 is 5.41 Å². The van der Waals surface area contributed by atoms with E-state index in [4.69, 9.17) is 23.8 Å². The van der Waals surface area contributed by atoms with Crippen molar-refractivity contribution in [1.29, 1.82) is 0 Å². The summed E-state index contributed by atoms with van der Waals surface area (Å²) in [5.74, 6) is 1.77. The molecule has 3 heterocycles. The summed E-state index contributed by atoms with van der Waals surface area (Å²) >= 11 is 0. The van der Waals surface area contributed by atoms with Gasteiger partial charge >= 0.3 is 0 Å². The Morgan fingerprint density at radius 1 is 0.302 bits per heavy atom. The summed E-state index contributed by atoms with van der Waals surface area (Å²) in [6.07, 6.45) is 0. The first-order valence-corrected chi connectivity index (χ1v) is 21.3. The van der Waals surface area contributed by atoms with E-state index in [0.717, 1.165) is 71.7 Å². The number of rotatable bonds is 6. The molecule has 0 saturated heterocycles. The lowest BCUT2D eigenvalue weighted by Gasteiger charge is -2.34. The Balaban J connectivity index is 0.963. The van der Waals surface area contributed by atoms with Gasteiger partial charge in [0.05, 0.1) is 5.41 Å². The second kappa shape index (κ2) is 13.8. The second-order valence-electron chi connectivity index (χ2n) is 16.3. The minimum atomic E-state index is -0.548. The molecule has 9 aromatic carbocycles. The van der Waals surface area contributed by atoms with Crippen LogP contribution in [-0.4, -0.2) is 15.0 Å². The fraction of sp³-hybridized carbons (Fsp3) is 0.0172. The molecule has 3 aromatic heterocycles. The van der Waals surface area contributed by atoms with Crippen molar-refractivity contribution in [2.75, 3.05) is 0 Å². The number of furan rings is 2. The van der Waals surface area contributed by atoms with Crippen LogP contribution < -0.4 is 0 Å². The van der Waals surface area contributed by atoms with Gasteiger partial charge in [0.2, 0.25) is 0 Å². The summed E-state index contributed by atoms with van der Waals surface area (Å²) in [7, 11) is 0. The molecule has 1 aliphatic rings. The fourth-order valence-corrected chi connectivity index (χ4v) is 9.99. The Kier molecular flexibility index (Phi) is 7.75. The van der Waals surface area contributed by atoms with Crippen molar-refractivity contribution in [3.8, 4) is 56.4 Å². The molecule has 0 N–H and O–H groups in total. The van der Waals surface area contributed by atoms with Crippen molar-refractivity contribution in [2.24, 2.45) is 0 Å². The van der Waals surface area contributed by atoms with Crippen LogP contribution in [-0.2, 0) is 5.41 Å². The van der Waals surface area contributed by atoms with Crippen LogP contribution in [0.1, 0.15) is 22.3 Å². The number of aromatic nitrogens is 3. The quantitative estimate of drug-likeness (QED) is 0.167. The molecule has 0 aliphatic heterocycles. The van der Waals surface area contributed by atoms with E-state index in [1.807, 2.05) is 48.5 Å². The molecule has 12 aromatic rings. The lowest BCUT2D eigenvalue weighted by Crippen LogP contribution is -2.28. The first kappa shape index (κ1) is 35.4. The van der Waals surface area contributed by atoms with E-state index in [1.54, 1.807) is 0 Å². The van der Waals surface area contributed by atoms with Gasteiger partial charge in [0.15, 0.2) is 17.5 Å². The summed E-state index contributed by atoms with van der Waals surface area (Å²) in [6.45, 7) is 0. The predicted molar refractivity (Wildman–Crippen MR) is 253 cm³/mol. The van der Waals surface area contributed by atoms with Crippen LogP contribution in [0.4, 0.5) is 0 Å². The van der Waals surface area contributed by atoms with Gasteiger partial charge in [-0.25, -0.2) is 15.0 Å². The van der Waals surface area contributed by atoms with E-state index in [-0.39, 0.29) is 0 Å². The number of nitrogens with zero attached hydrogens (tertiary/aromatic N) is 3. The zero-order chi connectivity index (χ0) is 41.5. The van der Waals surface area contributed by atoms with Gasteiger partial charge < -0.3 is 8.83 Å². The maximum Gasteiger partial charge on any atom is 0.164 e. The van der Waals surface area contributed by atoms with Gasteiger partial charge in [0.1, 0.15) is 22.3 Å². The van der Waals surface area contributed by atoms with Gasteiger partial charge in [-0.1, -0.05) is 176 Å². The second-order valence-corrected chi connectivity index (χ2v) is 16.3. The summed E-state index contributed by atoms with van der Waals surface area (Å²) in [5.41, 5.74) is 14.8. The highest BCUT2D eigenvalue weighted by molar-refractivity contribution is 6.11. The Morgan fingerprint density at radius 2 is 0.810 bits per heavy atom. The van der Waals surface area contributed by atoms with Gasteiger partial charge in [-0.3, -0.25) is 0 Å².